The Kier molecular flexibility index (Phi) is 6.56. The van der Waals surface area contributed by atoms with Crippen molar-refractivity contribution in [3.05, 3.63) is 66.0 Å². The van der Waals surface area contributed by atoms with Gasteiger partial charge in [0.25, 0.3) is 0 Å². The second-order valence-corrected chi connectivity index (χ2v) is 8.77. The second-order valence-electron chi connectivity index (χ2n) is 7.06. The van der Waals surface area contributed by atoms with Gasteiger partial charge in [-0.15, -0.1) is 0 Å². The molecular formula is C20H24FN3O3S. The van der Waals surface area contributed by atoms with Crippen molar-refractivity contribution < 1.29 is 17.6 Å². The molecule has 8 heteroatoms. The number of nitrogens with two attached hydrogens (primary N) is 1. The Balaban J connectivity index is 1.69. The predicted molar refractivity (Wildman–Crippen MR) is 105 cm³/mol. The summed E-state index contributed by atoms with van der Waals surface area (Å²) in [6.07, 6.45) is 0.173. The van der Waals surface area contributed by atoms with E-state index in [0.717, 1.165) is 0 Å². The summed E-state index contributed by atoms with van der Waals surface area (Å²) in [4.78, 5) is 13.0. The first-order valence-corrected chi connectivity index (χ1v) is 10.6. The fraction of sp³-hybridized carbons (Fsp3) is 0.350. The summed E-state index contributed by atoms with van der Waals surface area (Å²) in [7, 11) is -3.83. The number of carbonyl (C=O) groups excluding carboxylic acids is 1. The third-order valence-electron chi connectivity index (χ3n) is 4.87. The number of hydrogen-bond acceptors (Lipinski definition) is 5. The fourth-order valence-electron chi connectivity index (χ4n) is 3.21. The highest BCUT2D eigenvalue weighted by atomic mass is 32.2. The van der Waals surface area contributed by atoms with Crippen LogP contribution in [0.3, 0.4) is 0 Å². The molecule has 6 nitrogen and oxygen atoms in total. The predicted octanol–water partition coefficient (Wildman–Crippen LogP) is 1.22. The Bertz CT molecular complexity index is 917. The first-order valence-electron chi connectivity index (χ1n) is 9.16. The van der Waals surface area contributed by atoms with Gasteiger partial charge in [0.2, 0.25) is 10.0 Å². The highest BCUT2D eigenvalue weighted by Gasteiger charge is 2.36. The van der Waals surface area contributed by atoms with Crippen LogP contribution < -0.4 is 15.8 Å². The summed E-state index contributed by atoms with van der Waals surface area (Å²) in [5, 5.41) is 3.05. The Morgan fingerprint density at radius 1 is 1.14 bits per heavy atom. The van der Waals surface area contributed by atoms with E-state index in [4.69, 9.17) is 5.73 Å². The number of rotatable bonds is 9. The van der Waals surface area contributed by atoms with Crippen molar-refractivity contribution in [3.8, 4) is 0 Å². The molecule has 1 saturated heterocycles. The summed E-state index contributed by atoms with van der Waals surface area (Å²) in [6.45, 7) is 1.10. The van der Waals surface area contributed by atoms with Crippen LogP contribution in [-0.4, -0.2) is 39.4 Å². The number of benzene rings is 2. The minimum atomic E-state index is -3.83. The maximum atomic E-state index is 13.8. The number of ketones is 1. The van der Waals surface area contributed by atoms with Gasteiger partial charge in [0.05, 0.1) is 10.9 Å². The molecule has 0 aliphatic carbocycles. The van der Waals surface area contributed by atoms with Crippen molar-refractivity contribution in [2.24, 2.45) is 11.7 Å². The van der Waals surface area contributed by atoms with E-state index < -0.39 is 22.1 Å². The molecule has 2 aromatic carbocycles. The molecule has 2 unspecified atom stereocenters. The zero-order chi connectivity index (χ0) is 20.1. The van der Waals surface area contributed by atoms with E-state index in [9.17, 15) is 17.6 Å². The third kappa shape index (κ3) is 5.02. The van der Waals surface area contributed by atoms with Gasteiger partial charge in [-0.3, -0.25) is 4.79 Å². The van der Waals surface area contributed by atoms with E-state index >= 15 is 0 Å². The zero-order valence-corrected chi connectivity index (χ0v) is 16.2. The largest absolute Gasteiger partial charge is 0.327 e. The Morgan fingerprint density at radius 2 is 1.79 bits per heavy atom. The molecule has 4 N–H and O–H groups in total. The van der Waals surface area contributed by atoms with Crippen LogP contribution in [0.5, 0.6) is 0 Å². The van der Waals surface area contributed by atoms with Crippen LogP contribution in [0.1, 0.15) is 12.0 Å². The summed E-state index contributed by atoms with van der Waals surface area (Å²) >= 11 is 0. The molecule has 1 heterocycles. The van der Waals surface area contributed by atoms with E-state index in [-0.39, 0.29) is 35.3 Å². The average Bonchev–Trinajstić information content (AvgIpc) is 2.62. The van der Waals surface area contributed by atoms with Crippen molar-refractivity contribution in [2.75, 3.05) is 13.1 Å². The maximum Gasteiger partial charge on any atom is 0.241 e. The van der Waals surface area contributed by atoms with Crippen LogP contribution in [0.25, 0.3) is 0 Å². The first-order chi connectivity index (χ1) is 13.4. The normalized spacial score (nSPS) is 16.9. The molecule has 0 aromatic heterocycles. The molecule has 0 spiro atoms. The average molecular weight is 405 g/mol. The van der Waals surface area contributed by atoms with Gasteiger partial charge in [0, 0.05) is 31.5 Å². The number of halogens is 1. The van der Waals surface area contributed by atoms with Gasteiger partial charge < -0.3 is 11.1 Å². The lowest BCUT2D eigenvalue weighted by molar-refractivity contribution is -0.122. The third-order valence-corrected chi connectivity index (χ3v) is 6.33. The molecule has 2 atom stereocenters. The standard InChI is InChI=1S/C20H24FN3O3S/c21-18-9-5-4-6-14(18)10-16(22)11-19(25)20(15-12-23-13-15)24-28(26,27)17-7-2-1-3-8-17/h1-9,15-16,20,23-24H,10-13,22H2. The molecule has 1 aliphatic rings. The van der Waals surface area contributed by atoms with Crippen LogP contribution in [0.15, 0.2) is 59.5 Å². The Labute approximate surface area is 164 Å². The topological polar surface area (TPSA) is 101 Å². The molecule has 0 saturated carbocycles. The Morgan fingerprint density at radius 3 is 2.39 bits per heavy atom. The number of carbonyl (C=O) groups is 1. The molecule has 0 amide bonds. The molecule has 150 valence electrons. The van der Waals surface area contributed by atoms with Crippen molar-refractivity contribution in [1.82, 2.24) is 10.0 Å². The van der Waals surface area contributed by atoms with E-state index in [2.05, 4.69) is 10.0 Å². The van der Waals surface area contributed by atoms with Gasteiger partial charge in [-0.2, -0.15) is 0 Å². The van der Waals surface area contributed by atoms with E-state index in [1.807, 2.05) is 0 Å². The highest BCUT2D eigenvalue weighted by Crippen LogP contribution is 2.18. The molecule has 1 fully saturated rings. The van der Waals surface area contributed by atoms with E-state index in [1.165, 1.54) is 18.2 Å². The van der Waals surface area contributed by atoms with Crippen LogP contribution in [-0.2, 0) is 21.2 Å². The van der Waals surface area contributed by atoms with Gasteiger partial charge in [-0.1, -0.05) is 36.4 Å². The number of Topliss-reactive ketones (excluding diaryl/α,β-unsaturated/α-hetero) is 1. The smallest absolute Gasteiger partial charge is 0.241 e. The number of nitrogens with one attached hydrogen (secondary N) is 2. The lowest BCUT2D eigenvalue weighted by Crippen LogP contribution is -2.58. The summed E-state index contributed by atoms with van der Waals surface area (Å²) in [6, 6.07) is 12.8. The minimum Gasteiger partial charge on any atom is -0.327 e. The quantitative estimate of drug-likeness (QED) is 0.582. The first kappa shape index (κ1) is 20.6. The maximum absolute atomic E-state index is 13.8. The molecular weight excluding hydrogens is 381 g/mol. The van der Waals surface area contributed by atoms with Crippen molar-refractivity contribution >= 4 is 15.8 Å². The summed E-state index contributed by atoms with van der Waals surface area (Å²) in [5.74, 6) is -0.781. The number of sulfonamides is 1. The second kappa shape index (κ2) is 8.91. The lowest BCUT2D eigenvalue weighted by atomic mass is 9.88. The molecule has 28 heavy (non-hydrogen) atoms. The lowest BCUT2D eigenvalue weighted by Gasteiger charge is -2.34. The molecule has 3 rings (SSSR count). The van der Waals surface area contributed by atoms with Crippen molar-refractivity contribution in [1.29, 1.82) is 0 Å². The molecule has 0 radical (unpaired) electrons. The van der Waals surface area contributed by atoms with Gasteiger partial charge in [0.15, 0.2) is 5.78 Å². The highest BCUT2D eigenvalue weighted by molar-refractivity contribution is 7.89. The summed E-state index contributed by atoms with van der Waals surface area (Å²) in [5.41, 5.74) is 6.51. The SMILES string of the molecule is NC(CC(=O)C(NS(=O)(=O)c1ccccc1)C1CNC1)Cc1ccccc1F. The monoisotopic (exact) mass is 405 g/mol. The Hall–Kier alpha value is -2.13. The molecule has 1 aliphatic heterocycles. The zero-order valence-electron chi connectivity index (χ0n) is 15.3. The van der Waals surface area contributed by atoms with Crippen LogP contribution >= 0.6 is 0 Å². The van der Waals surface area contributed by atoms with Crippen LogP contribution in [0, 0.1) is 11.7 Å². The molecule has 2 aromatic rings. The van der Waals surface area contributed by atoms with Gasteiger partial charge in [-0.05, 0) is 30.2 Å². The number of hydrogen-bond donors (Lipinski definition) is 3. The fourth-order valence-corrected chi connectivity index (χ4v) is 4.52. The van der Waals surface area contributed by atoms with E-state index in [1.54, 1.807) is 36.4 Å². The summed E-state index contributed by atoms with van der Waals surface area (Å²) < 4.78 is 41.6. The minimum absolute atomic E-state index is 0.0349. The van der Waals surface area contributed by atoms with Crippen LogP contribution in [0.2, 0.25) is 0 Å². The van der Waals surface area contributed by atoms with Gasteiger partial charge in [-0.25, -0.2) is 17.5 Å². The van der Waals surface area contributed by atoms with Crippen LogP contribution in [0.4, 0.5) is 4.39 Å². The van der Waals surface area contributed by atoms with Crippen molar-refractivity contribution in [3.63, 3.8) is 0 Å². The van der Waals surface area contributed by atoms with E-state index in [0.29, 0.717) is 18.7 Å². The van der Waals surface area contributed by atoms with Gasteiger partial charge >= 0.3 is 0 Å². The molecule has 0 bridgehead atoms. The van der Waals surface area contributed by atoms with Gasteiger partial charge in [0.1, 0.15) is 5.82 Å². The van der Waals surface area contributed by atoms with Crippen molar-refractivity contribution in [2.45, 2.75) is 29.8 Å².